The van der Waals surface area contributed by atoms with Crippen molar-refractivity contribution in [1.82, 2.24) is 5.32 Å². The van der Waals surface area contributed by atoms with Crippen LogP contribution in [0.5, 0.6) is 5.75 Å². The number of hydrogen-bond acceptors (Lipinski definition) is 4. The van der Waals surface area contributed by atoms with Gasteiger partial charge in [0.2, 0.25) is 0 Å². The summed E-state index contributed by atoms with van der Waals surface area (Å²) in [4.78, 5) is 22.5. The molecule has 0 aromatic heterocycles. The molecule has 0 atom stereocenters. The van der Waals surface area contributed by atoms with Crippen molar-refractivity contribution in [2.45, 2.75) is 0 Å². The molecule has 0 aliphatic rings. The Morgan fingerprint density at radius 3 is 2.82 bits per heavy atom. The molecule has 0 saturated carbocycles. The molecule has 1 amide bonds. The minimum atomic E-state index is -0.494. The smallest absolute Gasteiger partial charge is 0.325 e. The highest BCUT2D eigenvalue weighted by Gasteiger charge is 2.08. The van der Waals surface area contributed by atoms with E-state index in [9.17, 15) is 9.59 Å². The van der Waals surface area contributed by atoms with Crippen molar-refractivity contribution in [3.8, 4) is 5.75 Å². The number of benzene rings is 1. The van der Waals surface area contributed by atoms with Crippen molar-refractivity contribution >= 4 is 27.8 Å². The van der Waals surface area contributed by atoms with Crippen LogP contribution in [-0.4, -0.2) is 31.0 Å². The monoisotopic (exact) mass is 301 g/mol. The number of carbonyl (C=O) groups excluding carboxylic acids is 2. The lowest BCUT2D eigenvalue weighted by Gasteiger charge is -2.06. The summed E-state index contributed by atoms with van der Waals surface area (Å²) in [5.41, 5.74) is 0.771. The van der Waals surface area contributed by atoms with Gasteiger partial charge in [0.25, 0.3) is 5.91 Å². The lowest BCUT2D eigenvalue weighted by Crippen LogP contribution is -2.30. The number of nitrogens with one attached hydrogen (secondary N) is 1. The molecule has 1 rings (SSSR count). The fraction of sp³-hybridized carbons (Fsp3) is 0.273. The van der Waals surface area contributed by atoms with Gasteiger partial charge in [0.15, 0.2) is 0 Å². The minimum Gasteiger partial charge on any atom is -0.482 e. The predicted octanol–water partition coefficient (Wildman–Crippen LogP) is 1.32. The summed E-state index contributed by atoms with van der Waals surface area (Å²) in [6, 6.07) is 6.66. The first-order chi connectivity index (χ1) is 8.17. The Labute approximate surface area is 107 Å². The molecule has 1 aromatic rings. The molecule has 1 aromatic carbocycles. The van der Waals surface area contributed by atoms with Gasteiger partial charge in [-0.15, -0.1) is 0 Å². The van der Waals surface area contributed by atoms with Gasteiger partial charge in [-0.25, -0.2) is 0 Å². The van der Waals surface area contributed by atoms with Gasteiger partial charge < -0.3 is 14.8 Å². The maximum atomic E-state index is 11.6. The number of amides is 1. The zero-order chi connectivity index (χ0) is 12.7. The van der Waals surface area contributed by atoms with Gasteiger partial charge >= 0.3 is 5.97 Å². The zero-order valence-electron chi connectivity index (χ0n) is 9.23. The van der Waals surface area contributed by atoms with Crippen LogP contribution >= 0.6 is 15.9 Å². The third-order valence-electron chi connectivity index (χ3n) is 1.94. The first-order valence-corrected chi connectivity index (χ1v) is 5.93. The molecule has 0 unspecified atom stereocenters. The van der Waals surface area contributed by atoms with Gasteiger partial charge in [-0.05, 0) is 34.1 Å². The van der Waals surface area contributed by atoms with E-state index in [0.717, 1.165) is 0 Å². The van der Waals surface area contributed by atoms with E-state index in [4.69, 9.17) is 4.74 Å². The number of methoxy groups -OCH3 is 1. The molecule has 0 bridgehead atoms. The van der Waals surface area contributed by atoms with Crippen LogP contribution in [0.1, 0.15) is 10.4 Å². The number of ether oxygens (including phenoxy) is 2. The number of rotatable bonds is 5. The van der Waals surface area contributed by atoms with Crippen molar-refractivity contribution in [3.63, 3.8) is 0 Å². The van der Waals surface area contributed by atoms with E-state index < -0.39 is 5.97 Å². The lowest BCUT2D eigenvalue weighted by atomic mass is 10.2. The maximum absolute atomic E-state index is 11.6. The van der Waals surface area contributed by atoms with Crippen LogP contribution in [0.15, 0.2) is 24.3 Å². The van der Waals surface area contributed by atoms with Gasteiger partial charge in [-0.2, -0.15) is 0 Å². The molecular formula is C11H12BrNO4. The normalized spacial score (nSPS) is 9.53. The number of alkyl halides is 1. The van der Waals surface area contributed by atoms with Crippen molar-refractivity contribution in [2.24, 2.45) is 0 Å². The minimum absolute atomic E-state index is 0.154. The van der Waals surface area contributed by atoms with Crippen LogP contribution < -0.4 is 10.1 Å². The van der Waals surface area contributed by atoms with Crippen molar-refractivity contribution in [1.29, 1.82) is 0 Å². The average Bonchev–Trinajstić information content (AvgIpc) is 2.36. The fourth-order valence-electron chi connectivity index (χ4n) is 1.12. The summed E-state index contributed by atoms with van der Waals surface area (Å²) >= 11 is 3.12. The van der Waals surface area contributed by atoms with E-state index in [0.29, 0.717) is 16.8 Å². The Morgan fingerprint density at radius 2 is 2.18 bits per heavy atom. The van der Waals surface area contributed by atoms with E-state index in [1.165, 1.54) is 7.11 Å². The van der Waals surface area contributed by atoms with Crippen LogP contribution in [0.25, 0.3) is 0 Å². The SMILES string of the molecule is COC(=O)CNC(=O)c1cccc(OCBr)c1. The quantitative estimate of drug-likeness (QED) is 0.658. The van der Waals surface area contributed by atoms with Crippen LogP contribution in [0.3, 0.4) is 0 Å². The first kappa shape index (κ1) is 13.5. The molecule has 17 heavy (non-hydrogen) atoms. The summed E-state index contributed by atoms with van der Waals surface area (Å²) < 4.78 is 9.60. The number of carbonyl (C=O) groups is 2. The summed E-state index contributed by atoms with van der Waals surface area (Å²) in [6.07, 6.45) is 0. The van der Waals surface area contributed by atoms with Gasteiger partial charge in [0.1, 0.15) is 17.8 Å². The van der Waals surface area contributed by atoms with Crippen LogP contribution in [0, 0.1) is 0 Å². The Hall–Kier alpha value is -1.56. The molecule has 1 N–H and O–H groups in total. The van der Waals surface area contributed by atoms with Crippen LogP contribution in [-0.2, 0) is 9.53 Å². The second kappa shape index (κ2) is 6.90. The highest BCUT2D eigenvalue weighted by atomic mass is 79.9. The molecule has 6 heteroatoms. The number of halogens is 1. The highest BCUT2D eigenvalue weighted by Crippen LogP contribution is 2.13. The molecule has 0 aliphatic heterocycles. The molecule has 0 radical (unpaired) electrons. The molecule has 0 heterocycles. The molecule has 0 spiro atoms. The van der Waals surface area contributed by atoms with Gasteiger partial charge in [0, 0.05) is 5.56 Å². The molecular weight excluding hydrogens is 290 g/mol. The van der Waals surface area contributed by atoms with Crippen LogP contribution in [0.4, 0.5) is 0 Å². The van der Waals surface area contributed by atoms with Gasteiger partial charge in [-0.1, -0.05) is 6.07 Å². The molecule has 5 nitrogen and oxygen atoms in total. The van der Waals surface area contributed by atoms with E-state index in [1.807, 2.05) is 0 Å². The van der Waals surface area contributed by atoms with E-state index in [1.54, 1.807) is 24.3 Å². The van der Waals surface area contributed by atoms with Crippen LogP contribution in [0.2, 0.25) is 0 Å². The van der Waals surface area contributed by atoms with E-state index in [-0.39, 0.29) is 12.5 Å². The summed E-state index contributed by atoms with van der Waals surface area (Å²) in [7, 11) is 1.26. The number of esters is 1. The second-order valence-electron chi connectivity index (χ2n) is 3.04. The second-order valence-corrected chi connectivity index (χ2v) is 3.50. The summed E-state index contributed by atoms with van der Waals surface area (Å²) in [5.74, 6) is -0.269. The lowest BCUT2D eigenvalue weighted by molar-refractivity contribution is -0.139. The molecule has 0 aliphatic carbocycles. The van der Waals surface area contributed by atoms with Crippen molar-refractivity contribution in [2.75, 3.05) is 19.2 Å². The highest BCUT2D eigenvalue weighted by molar-refractivity contribution is 9.09. The third kappa shape index (κ3) is 4.44. The first-order valence-electron chi connectivity index (χ1n) is 4.81. The predicted molar refractivity (Wildman–Crippen MR) is 65.2 cm³/mol. The van der Waals surface area contributed by atoms with E-state index in [2.05, 4.69) is 26.0 Å². The Kier molecular flexibility index (Phi) is 5.48. The van der Waals surface area contributed by atoms with Gasteiger partial charge in [-0.3, -0.25) is 9.59 Å². The standard InChI is InChI=1S/C11H12BrNO4/c1-16-10(14)6-13-11(15)8-3-2-4-9(5-8)17-7-12/h2-5H,6-7H2,1H3,(H,13,15). The molecule has 0 saturated heterocycles. The van der Waals surface area contributed by atoms with Crippen molar-refractivity contribution < 1.29 is 19.1 Å². The van der Waals surface area contributed by atoms with E-state index >= 15 is 0 Å². The summed E-state index contributed by atoms with van der Waals surface area (Å²) in [5, 5.41) is 2.44. The third-order valence-corrected chi connectivity index (χ3v) is 2.17. The number of hydrogen-bond donors (Lipinski definition) is 1. The zero-order valence-corrected chi connectivity index (χ0v) is 10.8. The maximum Gasteiger partial charge on any atom is 0.325 e. The topological polar surface area (TPSA) is 64.6 Å². The average molecular weight is 302 g/mol. The Morgan fingerprint density at radius 1 is 1.41 bits per heavy atom. The molecule has 0 fully saturated rings. The Balaban J connectivity index is 2.62. The van der Waals surface area contributed by atoms with Crippen molar-refractivity contribution in [3.05, 3.63) is 29.8 Å². The summed E-state index contributed by atoms with van der Waals surface area (Å²) in [6.45, 7) is -0.154. The molecule has 92 valence electrons. The Bertz CT molecular complexity index is 408. The van der Waals surface area contributed by atoms with Gasteiger partial charge in [0.05, 0.1) is 7.11 Å². The fourth-order valence-corrected chi connectivity index (χ4v) is 1.38. The largest absolute Gasteiger partial charge is 0.482 e.